The Balaban J connectivity index is 1.31. The first-order valence-electron chi connectivity index (χ1n) is 18.0. The average Bonchev–Trinajstić information content (AvgIpc) is 3.73. The average molecular weight is 690 g/mol. The number of alkyl halides is 1. The lowest BCUT2D eigenvalue weighted by atomic mass is 9.72. The Bertz CT molecular complexity index is 2850. The molecule has 5 nitrogen and oxygen atoms in total. The first-order chi connectivity index (χ1) is 25.9. The zero-order valence-electron chi connectivity index (χ0n) is 29.7. The standard InChI is InChI=1S/C47H36FN5/c1-47(2)35-21-8-11-24-38(35)53(41-26-13-14-27-49-41)40-29-34(42-33-20-7-10-23-37(33)52(45(42)43(40)47)32-18-5-4-6-19-32)44(48)30-16-15-17-31(28-30)46-50-36-22-9-12-25-39(36)51(46)3/h4-29,44H,1-3H3. The first-order valence-corrected chi connectivity index (χ1v) is 18.0. The number of benzene rings is 6. The van der Waals surface area contributed by atoms with Gasteiger partial charge in [-0.05, 0) is 71.8 Å². The van der Waals surface area contributed by atoms with Gasteiger partial charge in [-0.2, -0.15) is 0 Å². The van der Waals surface area contributed by atoms with Gasteiger partial charge in [0, 0.05) is 51.8 Å². The zero-order chi connectivity index (χ0) is 35.8. The van der Waals surface area contributed by atoms with E-state index in [2.05, 4.69) is 113 Å². The number of pyridine rings is 1. The number of aromatic nitrogens is 4. The van der Waals surface area contributed by atoms with Crippen molar-refractivity contribution in [2.24, 2.45) is 7.05 Å². The summed E-state index contributed by atoms with van der Waals surface area (Å²) in [5.41, 5.74) is 10.9. The van der Waals surface area contributed by atoms with Crippen molar-refractivity contribution in [2.75, 3.05) is 4.90 Å². The number of hydrogen-bond donors (Lipinski definition) is 0. The molecule has 1 aliphatic heterocycles. The normalized spacial score (nSPS) is 14.1. The second kappa shape index (κ2) is 11.8. The number of aryl methyl sites for hydroxylation is 1. The predicted molar refractivity (Wildman–Crippen MR) is 214 cm³/mol. The lowest BCUT2D eigenvalue weighted by Crippen LogP contribution is -2.32. The van der Waals surface area contributed by atoms with Crippen LogP contribution in [0, 0.1) is 0 Å². The molecule has 4 heterocycles. The monoisotopic (exact) mass is 689 g/mol. The van der Waals surface area contributed by atoms with E-state index in [9.17, 15) is 0 Å². The lowest BCUT2D eigenvalue weighted by molar-refractivity contribution is 0.404. The molecule has 6 heteroatoms. The van der Waals surface area contributed by atoms with Gasteiger partial charge in [0.25, 0.3) is 0 Å². The smallest absolute Gasteiger partial charge is 0.151 e. The highest BCUT2D eigenvalue weighted by Gasteiger charge is 2.41. The van der Waals surface area contributed by atoms with Gasteiger partial charge in [0.2, 0.25) is 0 Å². The molecule has 0 spiro atoms. The first kappa shape index (κ1) is 31.2. The Morgan fingerprint density at radius 3 is 2.23 bits per heavy atom. The van der Waals surface area contributed by atoms with Gasteiger partial charge in [-0.3, -0.25) is 4.90 Å². The van der Waals surface area contributed by atoms with Gasteiger partial charge in [0.05, 0.1) is 33.4 Å². The maximum Gasteiger partial charge on any atom is 0.151 e. The summed E-state index contributed by atoms with van der Waals surface area (Å²) in [6.07, 6.45) is 0.376. The summed E-state index contributed by atoms with van der Waals surface area (Å²) in [4.78, 5) is 12.0. The highest BCUT2D eigenvalue weighted by Crippen LogP contribution is 2.56. The van der Waals surface area contributed by atoms with Crippen molar-refractivity contribution >= 4 is 50.0 Å². The third-order valence-corrected chi connectivity index (χ3v) is 11.0. The van der Waals surface area contributed by atoms with Crippen LogP contribution in [0.15, 0.2) is 158 Å². The Morgan fingerprint density at radius 2 is 1.42 bits per heavy atom. The molecule has 6 aromatic carbocycles. The van der Waals surface area contributed by atoms with E-state index in [1.54, 1.807) is 0 Å². The lowest BCUT2D eigenvalue weighted by Gasteiger charge is -2.42. The summed E-state index contributed by atoms with van der Waals surface area (Å²) in [5.74, 6) is 1.58. The molecule has 10 rings (SSSR count). The maximum atomic E-state index is 18.1. The van der Waals surface area contributed by atoms with Crippen molar-refractivity contribution in [1.82, 2.24) is 19.1 Å². The van der Waals surface area contributed by atoms with Crippen LogP contribution < -0.4 is 4.90 Å². The van der Waals surface area contributed by atoms with Gasteiger partial charge in [0.1, 0.15) is 11.6 Å². The molecule has 3 aromatic heterocycles. The molecule has 0 bridgehead atoms. The summed E-state index contributed by atoms with van der Waals surface area (Å²) < 4.78 is 22.5. The molecule has 0 saturated carbocycles. The quantitative estimate of drug-likeness (QED) is 0.181. The van der Waals surface area contributed by atoms with E-state index < -0.39 is 11.6 Å². The fourth-order valence-corrected chi connectivity index (χ4v) is 8.63. The van der Waals surface area contributed by atoms with Crippen LogP contribution in [0.25, 0.3) is 49.9 Å². The minimum atomic E-state index is -1.45. The Labute approximate surface area is 307 Å². The van der Waals surface area contributed by atoms with Gasteiger partial charge in [0.15, 0.2) is 6.17 Å². The number of anilines is 3. The molecular formula is C47H36FN5. The van der Waals surface area contributed by atoms with Crippen LogP contribution in [-0.4, -0.2) is 19.1 Å². The van der Waals surface area contributed by atoms with Crippen molar-refractivity contribution < 1.29 is 4.39 Å². The van der Waals surface area contributed by atoms with Crippen LogP contribution in [0.1, 0.15) is 42.3 Å². The molecule has 0 fully saturated rings. The molecule has 0 radical (unpaired) electrons. The van der Waals surface area contributed by atoms with Crippen molar-refractivity contribution in [3.05, 3.63) is 180 Å². The second-order valence-corrected chi connectivity index (χ2v) is 14.4. The van der Waals surface area contributed by atoms with E-state index in [0.717, 1.165) is 72.7 Å². The summed E-state index contributed by atoms with van der Waals surface area (Å²) >= 11 is 0. The molecule has 0 saturated heterocycles. The number of imidazole rings is 1. The van der Waals surface area contributed by atoms with Crippen LogP contribution >= 0.6 is 0 Å². The molecule has 0 aliphatic carbocycles. The molecule has 53 heavy (non-hydrogen) atoms. The molecule has 1 atom stereocenters. The molecular weight excluding hydrogens is 654 g/mol. The topological polar surface area (TPSA) is 38.9 Å². The fraction of sp³-hybridized carbons (Fsp3) is 0.106. The van der Waals surface area contributed by atoms with Crippen LogP contribution in [0.5, 0.6) is 0 Å². The van der Waals surface area contributed by atoms with E-state index in [4.69, 9.17) is 9.97 Å². The van der Waals surface area contributed by atoms with Gasteiger partial charge >= 0.3 is 0 Å². The van der Waals surface area contributed by atoms with E-state index >= 15 is 4.39 Å². The van der Waals surface area contributed by atoms with E-state index in [1.165, 1.54) is 5.56 Å². The van der Waals surface area contributed by atoms with Crippen molar-refractivity contribution in [2.45, 2.75) is 25.4 Å². The second-order valence-electron chi connectivity index (χ2n) is 14.4. The molecule has 1 aliphatic rings. The third-order valence-electron chi connectivity index (χ3n) is 11.0. The highest BCUT2D eigenvalue weighted by atomic mass is 19.1. The van der Waals surface area contributed by atoms with Crippen molar-refractivity contribution in [3.63, 3.8) is 0 Å². The minimum absolute atomic E-state index is 0.444. The third kappa shape index (κ3) is 4.61. The molecule has 1 unspecified atom stereocenters. The van der Waals surface area contributed by atoms with Crippen LogP contribution in [-0.2, 0) is 12.5 Å². The number of halogens is 1. The van der Waals surface area contributed by atoms with Gasteiger partial charge in [-0.15, -0.1) is 0 Å². The predicted octanol–water partition coefficient (Wildman–Crippen LogP) is 11.9. The van der Waals surface area contributed by atoms with Crippen LogP contribution in [0.2, 0.25) is 0 Å². The summed E-state index contributed by atoms with van der Waals surface area (Å²) in [6.45, 7) is 4.58. The number of para-hydroxylation sites is 5. The fourth-order valence-electron chi connectivity index (χ4n) is 8.63. The Kier molecular flexibility index (Phi) is 6.92. The van der Waals surface area contributed by atoms with Crippen molar-refractivity contribution in [3.8, 4) is 17.1 Å². The van der Waals surface area contributed by atoms with Gasteiger partial charge in [-0.25, -0.2) is 14.4 Å². The van der Waals surface area contributed by atoms with Crippen molar-refractivity contribution in [1.29, 1.82) is 0 Å². The number of nitrogens with zero attached hydrogens (tertiary/aromatic N) is 5. The summed E-state index contributed by atoms with van der Waals surface area (Å²) in [6, 6.07) is 51.4. The van der Waals surface area contributed by atoms with Crippen LogP contribution in [0.4, 0.5) is 21.6 Å². The van der Waals surface area contributed by atoms with Gasteiger partial charge in [-0.1, -0.05) is 105 Å². The van der Waals surface area contributed by atoms with Crippen LogP contribution in [0.3, 0.4) is 0 Å². The molecule has 256 valence electrons. The van der Waals surface area contributed by atoms with E-state index in [0.29, 0.717) is 11.1 Å². The molecule has 0 amide bonds. The summed E-state index contributed by atoms with van der Waals surface area (Å²) in [7, 11) is 2.02. The Hall–Kier alpha value is -6.53. The number of rotatable bonds is 5. The maximum absolute atomic E-state index is 18.1. The zero-order valence-corrected chi connectivity index (χ0v) is 29.7. The SMILES string of the molecule is Cn1c(-c2cccc(C(F)c3cc4c(c5c3c3ccccc3n5-c3ccccc3)C(C)(C)c3ccccc3N4c3ccccn3)c2)nc2ccccc21. The van der Waals surface area contributed by atoms with E-state index in [-0.39, 0.29) is 0 Å². The number of hydrogen-bond acceptors (Lipinski definition) is 3. The summed E-state index contributed by atoms with van der Waals surface area (Å²) in [5, 5.41) is 1.93. The number of fused-ring (bicyclic) bond motifs is 7. The Morgan fingerprint density at radius 1 is 0.679 bits per heavy atom. The largest absolute Gasteiger partial charge is 0.327 e. The molecule has 0 N–H and O–H groups in total. The van der Waals surface area contributed by atoms with E-state index in [1.807, 2.05) is 80.0 Å². The molecule has 9 aromatic rings. The van der Waals surface area contributed by atoms with Gasteiger partial charge < -0.3 is 9.13 Å². The minimum Gasteiger partial charge on any atom is -0.327 e. The highest BCUT2D eigenvalue weighted by molar-refractivity contribution is 6.15.